The number of hydrogen-bond donors (Lipinski definition) is 1. The van der Waals surface area contributed by atoms with Crippen LogP contribution in [0, 0.1) is 0 Å². The zero-order chi connectivity index (χ0) is 16.0. The number of rotatable bonds is 1. The summed E-state index contributed by atoms with van der Waals surface area (Å²) < 4.78 is 0.236. The molecular formula is C20H27NS. The summed E-state index contributed by atoms with van der Waals surface area (Å²) in [5.74, 6) is 0.617. The van der Waals surface area contributed by atoms with Gasteiger partial charge in [-0.1, -0.05) is 66.5 Å². The Kier molecular flexibility index (Phi) is 6.10. The molecule has 1 aliphatic carbocycles. The summed E-state index contributed by atoms with van der Waals surface area (Å²) in [5.41, 5.74) is 4.55. The monoisotopic (exact) mass is 313 g/mol. The third kappa shape index (κ3) is 4.89. The van der Waals surface area contributed by atoms with E-state index in [1.165, 1.54) is 36.8 Å². The molecule has 0 fully saturated rings. The highest BCUT2D eigenvalue weighted by Gasteiger charge is 2.20. The molecule has 1 unspecified atom stereocenters. The van der Waals surface area contributed by atoms with Gasteiger partial charge in [-0.3, -0.25) is 5.14 Å². The fourth-order valence-electron chi connectivity index (χ4n) is 2.79. The first-order valence-electron chi connectivity index (χ1n) is 8.02. The fraction of sp³-hybridized carbons (Fsp3) is 0.400. The van der Waals surface area contributed by atoms with Crippen molar-refractivity contribution in [2.45, 2.75) is 50.7 Å². The van der Waals surface area contributed by atoms with E-state index < -0.39 is 0 Å². The van der Waals surface area contributed by atoms with E-state index >= 15 is 0 Å². The lowest BCUT2D eigenvalue weighted by molar-refractivity contribution is 0.616. The topological polar surface area (TPSA) is 26.0 Å². The second-order valence-corrected chi connectivity index (χ2v) is 8.24. The minimum absolute atomic E-state index is 0.236. The van der Waals surface area contributed by atoms with Crippen molar-refractivity contribution in [2.75, 3.05) is 0 Å². The summed E-state index contributed by atoms with van der Waals surface area (Å²) in [6.07, 6.45) is 3.86. The van der Waals surface area contributed by atoms with Gasteiger partial charge in [-0.25, -0.2) is 0 Å². The predicted molar refractivity (Wildman–Crippen MR) is 99.2 cm³/mol. The van der Waals surface area contributed by atoms with Gasteiger partial charge in [0.2, 0.25) is 0 Å². The van der Waals surface area contributed by atoms with E-state index in [0.29, 0.717) is 5.92 Å². The van der Waals surface area contributed by atoms with E-state index in [1.807, 2.05) is 0 Å². The Labute approximate surface area is 139 Å². The summed E-state index contributed by atoms with van der Waals surface area (Å²) in [6, 6.07) is 19.8. The Balaban J connectivity index is 0.000000254. The second-order valence-electron chi connectivity index (χ2n) is 6.78. The van der Waals surface area contributed by atoms with Gasteiger partial charge in [-0.15, -0.1) is 0 Å². The molecule has 0 heterocycles. The van der Waals surface area contributed by atoms with E-state index in [4.69, 9.17) is 5.14 Å². The fourth-order valence-corrected chi connectivity index (χ4v) is 2.79. The molecule has 2 aromatic carbocycles. The molecule has 118 valence electrons. The minimum atomic E-state index is 0.236. The van der Waals surface area contributed by atoms with Crippen LogP contribution >= 0.6 is 11.9 Å². The third-order valence-corrected chi connectivity index (χ3v) is 4.63. The molecule has 1 nitrogen and oxygen atoms in total. The van der Waals surface area contributed by atoms with E-state index in [0.717, 1.165) is 0 Å². The van der Waals surface area contributed by atoms with Crippen LogP contribution in [0.3, 0.4) is 0 Å². The maximum Gasteiger partial charge on any atom is 0.0218 e. The van der Waals surface area contributed by atoms with Gasteiger partial charge in [-0.2, -0.15) is 0 Å². The second kappa shape index (κ2) is 7.85. The smallest absolute Gasteiger partial charge is 0.0218 e. The molecule has 0 saturated carbocycles. The van der Waals surface area contributed by atoms with Gasteiger partial charge in [0.15, 0.2) is 0 Å². The van der Waals surface area contributed by atoms with Gasteiger partial charge in [-0.05, 0) is 56.7 Å². The highest BCUT2D eigenvalue weighted by atomic mass is 32.2. The molecule has 0 saturated heterocycles. The van der Waals surface area contributed by atoms with Crippen molar-refractivity contribution < 1.29 is 0 Å². The van der Waals surface area contributed by atoms with Crippen LogP contribution in [0.4, 0.5) is 0 Å². The van der Waals surface area contributed by atoms with Crippen molar-refractivity contribution >= 4 is 11.9 Å². The normalized spacial score (nSPS) is 17.2. The van der Waals surface area contributed by atoms with Crippen LogP contribution in [0.5, 0.6) is 0 Å². The van der Waals surface area contributed by atoms with Gasteiger partial charge in [0.1, 0.15) is 0 Å². The van der Waals surface area contributed by atoms with Gasteiger partial charge in [0.05, 0.1) is 0 Å². The summed E-state index contributed by atoms with van der Waals surface area (Å²) in [7, 11) is 0. The average molecular weight is 314 g/mol. The maximum atomic E-state index is 5.22. The Morgan fingerprint density at radius 2 is 1.55 bits per heavy atom. The number of nitrogens with two attached hydrogens (primary N) is 1. The van der Waals surface area contributed by atoms with Crippen LogP contribution in [-0.2, 0) is 6.42 Å². The predicted octanol–water partition coefficient (Wildman–Crippen LogP) is 5.55. The number of hydrogen-bond acceptors (Lipinski definition) is 2. The van der Waals surface area contributed by atoms with Crippen molar-refractivity contribution in [3.05, 3.63) is 71.3 Å². The van der Waals surface area contributed by atoms with Crippen LogP contribution in [0.2, 0.25) is 0 Å². The number of benzene rings is 2. The molecule has 2 aromatic rings. The van der Waals surface area contributed by atoms with Gasteiger partial charge in [0, 0.05) is 10.7 Å². The molecule has 3 rings (SSSR count). The van der Waals surface area contributed by atoms with Crippen LogP contribution in [0.15, 0.2) is 54.6 Å². The molecule has 0 radical (unpaired) electrons. The SMILES string of the molecule is CC(C)(C)SN.c1ccc(C2CCCc3ccccc32)cc1. The molecule has 2 N–H and O–H groups in total. The lowest BCUT2D eigenvalue weighted by Gasteiger charge is -2.25. The summed E-state index contributed by atoms with van der Waals surface area (Å²) >= 11 is 1.38. The van der Waals surface area contributed by atoms with Gasteiger partial charge in [0.25, 0.3) is 0 Å². The zero-order valence-corrected chi connectivity index (χ0v) is 14.7. The van der Waals surface area contributed by atoms with Crippen LogP contribution in [0.1, 0.15) is 56.2 Å². The van der Waals surface area contributed by atoms with E-state index in [9.17, 15) is 0 Å². The van der Waals surface area contributed by atoms with Crippen LogP contribution < -0.4 is 5.14 Å². The van der Waals surface area contributed by atoms with E-state index in [2.05, 4.69) is 75.4 Å². The number of fused-ring (bicyclic) bond motifs is 1. The highest BCUT2D eigenvalue weighted by molar-refractivity contribution is 7.98. The van der Waals surface area contributed by atoms with Crippen molar-refractivity contribution in [3.63, 3.8) is 0 Å². The summed E-state index contributed by atoms with van der Waals surface area (Å²) in [4.78, 5) is 0. The average Bonchev–Trinajstić information content (AvgIpc) is 2.55. The van der Waals surface area contributed by atoms with Crippen LogP contribution in [-0.4, -0.2) is 4.75 Å². The first-order chi connectivity index (χ1) is 10.5. The Morgan fingerprint density at radius 1 is 0.955 bits per heavy atom. The molecule has 0 amide bonds. The number of aryl methyl sites for hydroxylation is 1. The van der Waals surface area contributed by atoms with Crippen molar-refractivity contribution in [1.29, 1.82) is 0 Å². The van der Waals surface area contributed by atoms with E-state index in [1.54, 1.807) is 11.1 Å². The lowest BCUT2D eigenvalue weighted by Crippen LogP contribution is -2.10. The molecule has 2 heteroatoms. The largest absolute Gasteiger partial charge is 0.277 e. The standard InChI is InChI=1S/C16H16.C4H11NS/c1-2-7-13(8-3-1)16-12-6-10-14-9-4-5-11-15(14)16;1-4(2,3)6-5/h1-5,7-9,11,16H,6,10,12H2;5H2,1-3H3. The zero-order valence-electron chi connectivity index (χ0n) is 13.9. The summed E-state index contributed by atoms with van der Waals surface area (Å²) in [6.45, 7) is 6.24. The third-order valence-electron chi connectivity index (χ3n) is 3.92. The van der Waals surface area contributed by atoms with Gasteiger partial charge < -0.3 is 0 Å². The summed E-state index contributed by atoms with van der Waals surface area (Å²) in [5, 5.41) is 5.22. The molecule has 0 spiro atoms. The quantitative estimate of drug-likeness (QED) is 0.699. The molecule has 22 heavy (non-hydrogen) atoms. The molecular weight excluding hydrogens is 286 g/mol. The Morgan fingerprint density at radius 3 is 2.18 bits per heavy atom. The van der Waals surface area contributed by atoms with Crippen molar-refractivity contribution in [1.82, 2.24) is 0 Å². The minimum Gasteiger partial charge on any atom is -0.277 e. The molecule has 0 aliphatic heterocycles. The molecule has 1 aliphatic rings. The lowest BCUT2D eigenvalue weighted by atomic mass is 9.79. The highest BCUT2D eigenvalue weighted by Crippen LogP contribution is 2.36. The Bertz CT molecular complexity index is 572. The van der Waals surface area contributed by atoms with Crippen molar-refractivity contribution in [2.24, 2.45) is 5.14 Å². The molecule has 0 bridgehead atoms. The maximum absolute atomic E-state index is 5.22. The Hall–Kier alpha value is -1.25. The first-order valence-corrected chi connectivity index (χ1v) is 8.90. The molecule has 1 atom stereocenters. The first kappa shape index (κ1) is 17.1. The van der Waals surface area contributed by atoms with Crippen LogP contribution in [0.25, 0.3) is 0 Å². The van der Waals surface area contributed by atoms with Crippen molar-refractivity contribution in [3.8, 4) is 0 Å². The van der Waals surface area contributed by atoms with Gasteiger partial charge >= 0.3 is 0 Å². The molecule has 0 aromatic heterocycles. The van der Waals surface area contributed by atoms with E-state index in [-0.39, 0.29) is 4.75 Å².